The first-order valence-corrected chi connectivity index (χ1v) is 6.55. The zero-order valence-electron chi connectivity index (χ0n) is 10.6. The van der Waals surface area contributed by atoms with Crippen molar-refractivity contribution >= 4 is 16.3 Å². The maximum absolute atomic E-state index is 12.0. The van der Waals surface area contributed by atoms with Gasteiger partial charge in [0.25, 0.3) is 0 Å². The summed E-state index contributed by atoms with van der Waals surface area (Å²) in [6.45, 7) is 6.61. The van der Waals surface area contributed by atoms with Crippen LogP contribution in [0.5, 0.6) is 0 Å². The average Bonchev–Trinajstić information content (AvgIpc) is 2.28. The molecule has 0 aromatic carbocycles. The number of rotatable bonds is 6. The van der Waals surface area contributed by atoms with Gasteiger partial charge >= 0.3 is 16.3 Å². The molecule has 0 aliphatic heterocycles. The van der Waals surface area contributed by atoms with E-state index in [1.54, 1.807) is 20.8 Å². The topological polar surface area (TPSA) is 115 Å². The first-order valence-electron chi connectivity index (χ1n) is 5.11. The normalized spacial score (nSPS) is 11.5. The predicted molar refractivity (Wildman–Crippen MR) is 61.4 cm³/mol. The monoisotopic (exact) mass is 271 g/mol. The molecule has 17 heavy (non-hydrogen) atoms. The SMILES string of the molecule is CC[N+](CC)(CC)S(=O)(=O)NNC(=O)OC.[OH-]. The van der Waals surface area contributed by atoms with E-state index in [1.165, 1.54) is 0 Å². The Morgan fingerprint density at radius 2 is 1.59 bits per heavy atom. The van der Waals surface area contributed by atoms with Crippen LogP contribution in [0.4, 0.5) is 4.79 Å². The minimum atomic E-state index is -3.66. The number of ether oxygens (including phenoxy) is 1. The van der Waals surface area contributed by atoms with Gasteiger partial charge in [0, 0.05) is 0 Å². The number of amides is 1. The van der Waals surface area contributed by atoms with Gasteiger partial charge in [-0.15, -0.1) is 0 Å². The van der Waals surface area contributed by atoms with Crippen LogP contribution < -0.4 is 10.3 Å². The second kappa shape index (κ2) is 7.43. The summed E-state index contributed by atoms with van der Waals surface area (Å²) in [5, 5.41) is 0. The molecule has 0 unspecified atom stereocenters. The summed E-state index contributed by atoms with van der Waals surface area (Å²) in [6.07, 6.45) is -0.843. The second-order valence-corrected chi connectivity index (χ2v) is 5.13. The summed E-state index contributed by atoms with van der Waals surface area (Å²) < 4.78 is 28.0. The molecule has 104 valence electrons. The molecule has 0 fully saturated rings. The standard InChI is InChI=1S/C8H19N3O4S.H2O/c1-5-11(6-2,7-3)16(13,14)10-9-8(12)15-4;/h10H,5-7H2,1-4H3;1H2. The lowest BCUT2D eigenvalue weighted by Crippen LogP contribution is -2.60. The van der Waals surface area contributed by atoms with Crippen molar-refractivity contribution in [1.82, 2.24) is 10.3 Å². The highest BCUT2D eigenvalue weighted by atomic mass is 32.2. The van der Waals surface area contributed by atoms with Gasteiger partial charge in [-0.3, -0.25) is 0 Å². The van der Waals surface area contributed by atoms with Gasteiger partial charge in [0.15, 0.2) is 0 Å². The molecule has 0 aromatic heterocycles. The molecular formula is C8H21N3O5S. The molecule has 0 aliphatic rings. The molecular weight excluding hydrogens is 250 g/mol. The van der Waals surface area contributed by atoms with E-state index in [2.05, 4.69) is 4.74 Å². The molecule has 8 nitrogen and oxygen atoms in total. The molecule has 3 N–H and O–H groups in total. The van der Waals surface area contributed by atoms with Crippen LogP contribution in [-0.4, -0.2) is 50.6 Å². The van der Waals surface area contributed by atoms with E-state index in [1.807, 2.05) is 10.3 Å². The summed E-state index contributed by atoms with van der Waals surface area (Å²) in [7, 11) is -2.51. The Hall–Kier alpha value is -0.900. The van der Waals surface area contributed by atoms with Gasteiger partial charge in [-0.05, 0) is 20.8 Å². The number of hydrazine groups is 1. The van der Waals surface area contributed by atoms with Gasteiger partial charge in [0.05, 0.1) is 26.7 Å². The van der Waals surface area contributed by atoms with Crippen LogP contribution >= 0.6 is 0 Å². The van der Waals surface area contributed by atoms with E-state index in [9.17, 15) is 13.2 Å². The fourth-order valence-electron chi connectivity index (χ4n) is 1.43. The Morgan fingerprint density at radius 1 is 1.18 bits per heavy atom. The number of quaternary nitrogens is 1. The summed E-state index contributed by atoms with van der Waals surface area (Å²) in [5.74, 6) is 0. The highest BCUT2D eigenvalue weighted by Gasteiger charge is 2.37. The Bertz CT molecular complexity index is 318. The van der Waals surface area contributed by atoms with Gasteiger partial charge in [0.2, 0.25) is 0 Å². The largest absolute Gasteiger partial charge is 0.870 e. The van der Waals surface area contributed by atoms with Crippen LogP contribution in [0.3, 0.4) is 0 Å². The molecule has 1 amide bonds. The number of nitrogens with one attached hydrogen (secondary N) is 2. The van der Waals surface area contributed by atoms with Gasteiger partial charge in [-0.25, -0.2) is 14.1 Å². The molecule has 0 saturated carbocycles. The number of methoxy groups -OCH3 is 1. The van der Waals surface area contributed by atoms with E-state index in [-0.39, 0.29) is 9.36 Å². The van der Waals surface area contributed by atoms with Crippen molar-refractivity contribution in [2.24, 2.45) is 0 Å². The molecule has 9 heteroatoms. The van der Waals surface area contributed by atoms with Crippen molar-refractivity contribution in [3.8, 4) is 0 Å². The maximum atomic E-state index is 12.0. The molecule has 0 saturated heterocycles. The van der Waals surface area contributed by atoms with Crippen LogP contribution in [-0.2, 0) is 14.9 Å². The van der Waals surface area contributed by atoms with Crippen molar-refractivity contribution < 1.29 is 27.3 Å². The third-order valence-corrected chi connectivity index (χ3v) is 4.86. The number of carbonyl (C=O) groups is 1. The van der Waals surface area contributed by atoms with E-state index in [0.29, 0.717) is 19.6 Å². The summed E-state index contributed by atoms with van der Waals surface area (Å²) in [5.41, 5.74) is 1.97. The fraction of sp³-hybridized carbons (Fsp3) is 0.875. The van der Waals surface area contributed by atoms with Gasteiger partial charge < -0.3 is 10.2 Å². The number of nitrogens with zero attached hydrogens (tertiary/aromatic N) is 1. The molecule has 0 spiro atoms. The van der Waals surface area contributed by atoms with Crippen molar-refractivity contribution in [3.63, 3.8) is 0 Å². The Morgan fingerprint density at radius 3 is 1.88 bits per heavy atom. The first kappa shape index (κ1) is 18.5. The highest BCUT2D eigenvalue weighted by molar-refractivity contribution is 7.83. The van der Waals surface area contributed by atoms with Crippen LogP contribution in [0, 0.1) is 0 Å². The summed E-state index contributed by atoms with van der Waals surface area (Å²) in [4.78, 5) is 12.8. The van der Waals surface area contributed by atoms with E-state index < -0.39 is 16.3 Å². The Labute approximate surface area is 102 Å². The van der Waals surface area contributed by atoms with Crippen molar-refractivity contribution in [3.05, 3.63) is 0 Å². The third-order valence-electron chi connectivity index (χ3n) is 2.71. The molecule has 0 rings (SSSR count). The molecule has 0 aliphatic carbocycles. The summed E-state index contributed by atoms with van der Waals surface area (Å²) in [6, 6.07) is 0. The highest BCUT2D eigenvalue weighted by Crippen LogP contribution is 2.11. The lowest BCUT2D eigenvalue weighted by Gasteiger charge is -2.33. The van der Waals surface area contributed by atoms with Gasteiger partial charge in [-0.2, -0.15) is 8.42 Å². The average molecular weight is 271 g/mol. The van der Waals surface area contributed by atoms with Crippen molar-refractivity contribution in [1.29, 1.82) is 0 Å². The molecule has 0 atom stereocenters. The maximum Gasteiger partial charge on any atom is 0.422 e. The fourth-order valence-corrected chi connectivity index (χ4v) is 2.86. The van der Waals surface area contributed by atoms with Crippen LogP contribution in [0.15, 0.2) is 0 Å². The zero-order chi connectivity index (χ0) is 12.8. The van der Waals surface area contributed by atoms with Crippen molar-refractivity contribution in [2.45, 2.75) is 20.8 Å². The molecule has 0 radical (unpaired) electrons. The van der Waals surface area contributed by atoms with E-state index >= 15 is 0 Å². The summed E-state index contributed by atoms with van der Waals surface area (Å²) >= 11 is 0. The Kier molecular flexibility index (Phi) is 8.07. The Balaban J connectivity index is 0. The lowest BCUT2D eigenvalue weighted by atomic mass is 10.5. The molecule has 0 bridgehead atoms. The smallest absolute Gasteiger partial charge is 0.422 e. The van der Waals surface area contributed by atoms with E-state index in [0.717, 1.165) is 7.11 Å². The molecule has 0 heterocycles. The minimum absolute atomic E-state index is 0. The lowest BCUT2D eigenvalue weighted by molar-refractivity contribution is -0.801. The minimum Gasteiger partial charge on any atom is -0.870 e. The van der Waals surface area contributed by atoms with Gasteiger partial charge in [0.1, 0.15) is 0 Å². The number of carbonyl (C=O) groups excluding carboxylic acids is 1. The van der Waals surface area contributed by atoms with Gasteiger partial charge in [-0.1, -0.05) is 4.83 Å². The zero-order valence-corrected chi connectivity index (χ0v) is 11.4. The number of hydrogen-bond donors (Lipinski definition) is 2. The quantitative estimate of drug-likeness (QED) is 0.512. The van der Waals surface area contributed by atoms with Crippen LogP contribution in [0.1, 0.15) is 20.8 Å². The third kappa shape index (κ3) is 4.11. The van der Waals surface area contributed by atoms with Crippen LogP contribution in [0.25, 0.3) is 0 Å². The van der Waals surface area contributed by atoms with E-state index in [4.69, 9.17) is 0 Å². The van der Waals surface area contributed by atoms with Crippen molar-refractivity contribution in [2.75, 3.05) is 26.7 Å². The molecule has 0 aromatic rings. The van der Waals surface area contributed by atoms with Crippen LogP contribution in [0.2, 0.25) is 0 Å². The number of hydrogen-bond acceptors (Lipinski definition) is 5. The first-order chi connectivity index (χ1) is 7.39. The second-order valence-electron chi connectivity index (χ2n) is 3.20. The predicted octanol–water partition coefficient (Wildman–Crippen LogP) is -0.208.